The molecule has 1 heterocycles. The van der Waals surface area contributed by atoms with Gasteiger partial charge in [-0.15, -0.1) is 0 Å². The van der Waals surface area contributed by atoms with Crippen molar-refractivity contribution in [3.05, 3.63) is 51.4 Å². The van der Waals surface area contributed by atoms with Crippen LogP contribution in [0.1, 0.15) is 21.8 Å². The van der Waals surface area contributed by atoms with Gasteiger partial charge in [-0.3, -0.25) is 14.9 Å². The van der Waals surface area contributed by atoms with Crippen LogP contribution in [0.2, 0.25) is 0 Å². The number of hydrogen-bond acceptors (Lipinski definition) is 7. The van der Waals surface area contributed by atoms with E-state index in [9.17, 15) is 14.9 Å². The molecule has 0 fully saturated rings. The number of rotatable bonds is 7. The summed E-state index contributed by atoms with van der Waals surface area (Å²) in [5.74, 6) is 0.587. The largest absolute Gasteiger partial charge is 0.480 e. The normalized spacial score (nSPS) is 10.3. The number of benzene rings is 1. The molecule has 1 aromatic heterocycles. The molecule has 21 heavy (non-hydrogen) atoms. The number of methoxy groups -OCH3 is 1. The van der Waals surface area contributed by atoms with Crippen molar-refractivity contribution in [2.24, 2.45) is 0 Å². The zero-order valence-electron chi connectivity index (χ0n) is 11.1. The Labute approximate surface area is 119 Å². The first kappa shape index (κ1) is 14.7. The third-order valence-electron chi connectivity index (χ3n) is 2.59. The van der Waals surface area contributed by atoms with Crippen molar-refractivity contribution >= 4 is 12.0 Å². The van der Waals surface area contributed by atoms with Crippen LogP contribution < -0.4 is 4.74 Å². The highest BCUT2D eigenvalue weighted by atomic mass is 16.6. The zero-order chi connectivity index (χ0) is 15.2. The van der Waals surface area contributed by atoms with Crippen LogP contribution in [0.15, 0.2) is 28.8 Å². The van der Waals surface area contributed by atoms with Gasteiger partial charge < -0.3 is 14.0 Å². The van der Waals surface area contributed by atoms with Crippen LogP contribution in [0.4, 0.5) is 5.69 Å². The molecule has 0 amide bonds. The van der Waals surface area contributed by atoms with Gasteiger partial charge in [-0.2, -0.15) is 0 Å². The molecule has 1 aromatic carbocycles. The number of ether oxygens (including phenoxy) is 2. The maximum atomic E-state index is 10.9. The number of hydrogen-bond donors (Lipinski definition) is 0. The van der Waals surface area contributed by atoms with E-state index in [0.29, 0.717) is 17.7 Å². The number of nitro benzene ring substituents is 1. The summed E-state index contributed by atoms with van der Waals surface area (Å²) < 4.78 is 15.2. The molecule has 110 valence electrons. The Kier molecular flexibility index (Phi) is 4.62. The fourth-order valence-corrected chi connectivity index (χ4v) is 1.66. The molecule has 8 nitrogen and oxygen atoms in total. The van der Waals surface area contributed by atoms with Gasteiger partial charge in [0.05, 0.1) is 4.92 Å². The van der Waals surface area contributed by atoms with E-state index in [1.165, 1.54) is 19.2 Å². The molecule has 0 spiro atoms. The second-order valence-corrected chi connectivity index (χ2v) is 4.11. The van der Waals surface area contributed by atoms with Crippen LogP contribution in [0.25, 0.3) is 0 Å². The molecule has 2 rings (SSSR count). The van der Waals surface area contributed by atoms with E-state index in [1.807, 2.05) is 0 Å². The molecule has 0 N–H and O–H groups in total. The number of aldehydes is 1. The molecule has 0 aliphatic rings. The van der Waals surface area contributed by atoms with E-state index >= 15 is 0 Å². The lowest BCUT2D eigenvalue weighted by Gasteiger charge is -2.04. The standard InChI is InChI=1S/C13H12N2O6/c1-19-8-11-5-10(14-21-11)7-20-13-3-2-9(6-16)4-12(13)15(17)18/h2-6H,7-8H2,1H3. The molecule has 0 unspecified atom stereocenters. The van der Waals surface area contributed by atoms with Gasteiger partial charge in [-0.05, 0) is 12.1 Å². The lowest BCUT2D eigenvalue weighted by atomic mass is 10.2. The molecule has 2 aromatic rings. The molecule has 0 atom stereocenters. The Hall–Kier alpha value is -2.74. The summed E-state index contributed by atoms with van der Waals surface area (Å²) in [7, 11) is 1.52. The minimum Gasteiger partial charge on any atom is -0.480 e. The topological polar surface area (TPSA) is 105 Å². The monoisotopic (exact) mass is 292 g/mol. The predicted molar refractivity (Wildman–Crippen MR) is 70.0 cm³/mol. The summed E-state index contributed by atoms with van der Waals surface area (Å²) in [6.45, 7) is 0.287. The molecule has 0 aliphatic carbocycles. The van der Waals surface area contributed by atoms with E-state index in [0.717, 1.165) is 6.07 Å². The van der Waals surface area contributed by atoms with Crippen molar-refractivity contribution in [2.75, 3.05) is 7.11 Å². The van der Waals surface area contributed by atoms with Crippen molar-refractivity contribution in [1.29, 1.82) is 0 Å². The molecule has 0 saturated heterocycles. The molecule has 0 aliphatic heterocycles. The van der Waals surface area contributed by atoms with Crippen LogP contribution in [0.3, 0.4) is 0 Å². The van der Waals surface area contributed by atoms with Gasteiger partial charge in [-0.25, -0.2) is 0 Å². The molecular formula is C13H12N2O6. The van der Waals surface area contributed by atoms with Gasteiger partial charge in [0.1, 0.15) is 25.2 Å². The highest BCUT2D eigenvalue weighted by Crippen LogP contribution is 2.28. The quantitative estimate of drug-likeness (QED) is 0.437. The maximum Gasteiger partial charge on any atom is 0.311 e. The van der Waals surface area contributed by atoms with Gasteiger partial charge in [0.2, 0.25) is 0 Å². The Morgan fingerprint density at radius 2 is 2.19 bits per heavy atom. The SMILES string of the molecule is COCc1cc(COc2ccc(C=O)cc2[N+](=O)[O-])no1. The van der Waals surface area contributed by atoms with E-state index in [2.05, 4.69) is 5.16 Å². The predicted octanol–water partition coefficient (Wildman–Crippen LogP) is 2.12. The lowest BCUT2D eigenvalue weighted by Crippen LogP contribution is -2.00. The van der Waals surface area contributed by atoms with Gasteiger partial charge in [0.25, 0.3) is 0 Å². The molecular weight excluding hydrogens is 280 g/mol. The minimum atomic E-state index is -0.610. The van der Waals surface area contributed by atoms with E-state index in [4.69, 9.17) is 14.0 Å². The minimum absolute atomic E-state index is 0.00842. The summed E-state index contributed by atoms with van der Waals surface area (Å²) in [4.78, 5) is 21.0. The second kappa shape index (κ2) is 6.62. The average Bonchev–Trinajstić information content (AvgIpc) is 2.93. The summed E-state index contributed by atoms with van der Waals surface area (Å²) in [5, 5.41) is 14.7. The number of nitrogens with zero attached hydrogens (tertiary/aromatic N) is 2. The van der Waals surface area contributed by atoms with Crippen LogP contribution in [-0.2, 0) is 18.0 Å². The van der Waals surface area contributed by atoms with Crippen LogP contribution >= 0.6 is 0 Å². The smallest absolute Gasteiger partial charge is 0.311 e. The van der Waals surface area contributed by atoms with Gasteiger partial charge >= 0.3 is 5.69 Å². The fourth-order valence-electron chi connectivity index (χ4n) is 1.66. The number of aromatic nitrogens is 1. The Morgan fingerprint density at radius 3 is 2.86 bits per heavy atom. The van der Waals surface area contributed by atoms with Crippen molar-refractivity contribution in [3.8, 4) is 5.75 Å². The van der Waals surface area contributed by atoms with Gasteiger partial charge in [0, 0.05) is 24.8 Å². The lowest BCUT2D eigenvalue weighted by molar-refractivity contribution is -0.386. The zero-order valence-corrected chi connectivity index (χ0v) is 11.1. The Bertz CT molecular complexity index is 652. The number of carbonyl (C=O) groups excluding carboxylic acids is 1. The third-order valence-corrected chi connectivity index (χ3v) is 2.59. The number of carbonyl (C=O) groups is 1. The van der Waals surface area contributed by atoms with Gasteiger partial charge in [-0.1, -0.05) is 5.16 Å². The van der Waals surface area contributed by atoms with Crippen LogP contribution in [-0.4, -0.2) is 23.5 Å². The van der Waals surface area contributed by atoms with Crippen LogP contribution in [0, 0.1) is 10.1 Å². The highest BCUT2D eigenvalue weighted by molar-refractivity contribution is 5.77. The van der Waals surface area contributed by atoms with Crippen molar-refractivity contribution < 1.29 is 23.7 Å². The summed E-state index contributed by atoms with van der Waals surface area (Å²) >= 11 is 0. The fraction of sp³-hybridized carbons (Fsp3) is 0.231. The maximum absolute atomic E-state index is 10.9. The Morgan fingerprint density at radius 1 is 1.38 bits per heavy atom. The van der Waals surface area contributed by atoms with Crippen molar-refractivity contribution in [1.82, 2.24) is 5.16 Å². The molecule has 0 bridgehead atoms. The van der Waals surface area contributed by atoms with Crippen molar-refractivity contribution in [3.63, 3.8) is 0 Å². The first-order valence-corrected chi connectivity index (χ1v) is 5.94. The highest BCUT2D eigenvalue weighted by Gasteiger charge is 2.16. The summed E-state index contributed by atoms with van der Waals surface area (Å²) in [6, 6.07) is 5.60. The molecule has 8 heteroatoms. The first-order chi connectivity index (χ1) is 10.1. The first-order valence-electron chi connectivity index (χ1n) is 5.94. The van der Waals surface area contributed by atoms with Gasteiger partial charge in [0.15, 0.2) is 11.5 Å². The van der Waals surface area contributed by atoms with E-state index in [1.54, 1.807) is 6.07 Å². The van der Waals surface area contributed by atoms with Crippen molar-refractivity contribution in [2.45, 2.75) is 13.2 Å². The third kappa shape index (κ3) is 3.63. The summed E-state index contributed by atoms with van der Waals surface area (Å²) in [6.07, 6.45) is 0.533. The average molecular weight is 292 g/mol. The van der Waals surface area contributed by atoms with E-state index < -0.39 is 4.92 Å². The Balaban J connectivity index is 2.11. The van der Waals surface area contributed by atoms with Crippen LogP contribution in [0.5, 0.6) is 5.75 Å². The molecule has 0 saturated carbocycles. The van der Waals surface area contributed by atoms with E-state index in [-0.39, 0.29) is 30.2 Å². The molecule has 0 radical (unpaired) electrons. The summed E-state index contributed by atoms with van der Waals surface area (Å²) in [5.41, 5.74) is 0.411. The second-order valence-electron chi connectivity index (χ2n) is 4.11. The number of nitro groups is 1.